The van der Waals surface area contributed by atoms with Crippen LogP contribution in [0.3, 0.4) is 0 Å². The monoisotopic (exact) mass is 320 g/mol. The highest BCUT2D eigenvalue weighted by Crippen LogP contribution is 2.40. The van der Waals surface area contributed by atoms with E-state index in [9.17, 15) is 9.59 Å². The lowest BCUT2D eigenvalue weighted by Gasteiger charge is -2.27. The van der Waals surface area contributed by atoms with Gasteiger partial charge in [0.15, 0.2) is 0 Å². The molecule has 0 unspecified atom stereocenters. The van der Waals surface area contributed by atoms with E-state index < -0.39 is 5.92 Å². The van der Waals surface area contributed by atoms with Crippen LogP contribution >= 0.6 is 0 Å². The Morgan fingerprint density at radius 3 is 1.50 bits per heavy atom. The molecule has 2 fully saturated rings. The molecule has 0 spiro atoms. The van der Waals surface area contributed by atoms with Crippen molar-refractivity contribution >= 4 is 23.2 Å². The second-order valence-electron chi connectivity index (χ2n) is 6.49. The summed E-state index contributed by atoms with van der Waals surface area (Å²) in [6.07, 6.45) is 4.15. The third kappa shape index (κ3) is 2.39. The zero-order chi connectivity index (χ0) is 16.5. The summed E-state index contributed by atoms with van der Waals surface area (Å²) in [6.45, 7) is 0. The fraction of sp³-hybridized carbons (Fsp3) is 0.300. The van der Waals surface area contributed by atoms with Gasteiger partial charge in [0.25, 0.3) is 11.8 Å². The van der Waals surface area contributed by atoms with E-state index in [0.717, 1.165) is 37.1 Å². The van der Waals surface area contributed by atoms with E-state index in [0.29, 0.717) is 0 Å². The van der Waals surface area contributed by atoms with Crippen LogP contribution in [0.1, 0.15) is 25.7 Å². The Balaban J connectivity index is 1.78. The molecule has 1 heterocycles. The number of nitrogens with zero attached hydrogens (tertiary/aromatic N) is 2. The summed E-state index contributed by atoms with van der Waals surface area (Å²) >= 11 is 0. The normalized spacial score (nSPS) is 19.5. The molecule has 0 aromatic heterocycles. The Bertz CT molecular complexity index is 681. The van der Waals surface area contributed by atoms with E-state index in [4.69, 9.17) is 0 Å². The Labute approximate surface area is 141 Å². The lowest BCUT2D eigenvalue weighted by atomic mass is 9.90. The van der Waals surface area contributed by atoms with Gasteiger partial charge in [-0.25, -0.2) is 10.0 Å². The number of hydrazine groups is 1. The average Bonchev–Trinajstić information content (AvgIpc) is 3.22. The number of benzene rings is 2. The summed E-state index contributed by atoms with van der Waals surface area (Å²) in [5.74, 6) is -0.568. The molecule has 2 aromatic rings. The van der Waals surface area contributed by atoms with Crippen LogP contribution in [0.15, 0.2) is 60.7 Å². The predicted molar refractivity (Wildman–Crippen MR) is 93.3 cm³/mol. The number of carbonyl (C=O) groups excluding carboxylic acids is 2. The minimum absolute atomic E-state index is 0.0954. The molecule has 4 nitrogen and oxygen atoms in total. The molecule has 0 radical (unpaired) electrons. The molecule has 122 valence electrons. The van der Waals surface area contributed by atoms with Gasteiger partial charge in [0.1, 0.15) is 5.92 Å². The zero-order valence-electron chi connectivity index (χ0n) is 13.5. The van der Waals surface area contributed by atoms with Crippen molar-refractivity contribution in [1.29, 1.82) is 0 Å². The molecule has 0 N–H and O–H groups in total. The topological polar surface area (TPSA) is 40.6 Å². The molecule has 1 aliphatic carbocycles. The average molecular weight is 320 g/mol. The van der Waals surface area contributed by atoms with Crippen LogP contribution in [0.25, 0.3) is 0 Å². The number of hydrogen-bond donors (Lipinski definition) is 0. The molecule has 4 rings (SSSR count). The first kappa shape index (κ1) is 14.9. The number of para-hydroxylation sites is 2. The van der Waals surface area contributed by atoms with Crippen molar-refractivity contribution in [2.24, 2.45) is 11.8 Å². The lowest BCUT2D eigenvalue weighted by molar-refractivity contribution is -0.129. The van der Waals surface area contributed by atoms with Crippen molar-refractivity contribution in [2.45, 2.75) is 25.7 Å². The maximum atomic E-state index is 13.2. The minimum Gasteiger partial charge on any atom is -0.272 e. The summed E-state index contributed by atoms with van der Waals surface area (Å²) in [5.41, 5.74) is 1.47. The fourth-order valence-corrected chi connectivity index (χ4v) is 3.88. The third-order valence-electron chi connectivity index (χ3n) is 5.02. The largest absolute Gasteiger partial charge is 0.272 e. The highest BCUT2D eigenvalue weighted by molar-refractivity contribution is 6.23. The standard InChI is InChI=1S/C20H20N2O2/c23-19-18(15-9-7-8-10-15)20(24)22(17-13-5-2-6-14-17)21(19)16-11-3-1-4-12-16/h1-6,11-15,18H,7-10H2. The van der Waals surface area contributed by atoms with E-state index in [1.807, 2.05) is 60.7 Å². The van der Waals surface area contributed by atoms with Gasteiger partial charge >= 0.3 is 0 Å². The van der Waals surface area contributed by atoms with Gasteiger partial charge in [-0.15, -0.1) is 0 Å². The zero-order valence-corrected chi connectivity index (χ0v) is 13.5. The molecule has 0 atom stereocenters. The lowest BCUT2D eigenvalue weighted by Crippen LogP contribution is -2.41. The maximum Gasteiger partial charge on any atom is 0.259 e. The van der Waals surface area contributed by atoms with E-state index >= 15 is 0 Å². The summed E-state index contributed by atoms with van der Waals surface area (Å²) in [6, 6.07) is 18.9. The first-order valence-electron chi connectivity index (χ1n) is 8.55. The van der Waals surface area contributed by atoms with Crippen LogP contribution in [-0.2, 0) is 9.59 Å². The SMILES string of the molecule is O=C1C(C2CCCC2)C(=O)N(c2ccccc2)N1c1ccccc1. The Morgan fingerprint density at radius 1 is 0.667 bits per heavy atom. The Morgan fingerprint density at radius 2 is 1.08 bits per heavy atom. The van der Waals surface area contributed by atoms with Crippen LogP contribution < -0.4 is 10.0 Å². The molecule has 24 heavy (non-hydrogen) atoms. The quantitative estimate of drug-likeness (QED) is 0.807. The van der Waals surface area contributed by atoms with Crippen LogP contribution in [0.2, 0.25) is 0 Å². The van der Waals surface area contributed by atoms with Crippen LogP contribution in [-0.4, -0.2) is 11.8 Å². The number of anilines is 2. The van der Waals surface area contributed by atoms with E-state index in [2.05, 4.69) is 0 Å². The molecule has 1 saturated carbocycles. The smallest absolute Gasteiger partial charge is 0.259 e. The predicted octanol–water partition coefficient (Wildman–Crippen LogP) is 3.79. The Kier molecular flexibility index (Phi) is 3.81. The Hall–Kier alpha value is -2.62. The molecule has 2 amide bonds. The first-order valence-corrected chi connectivity index (χ1v) is 8.55. The first-order chi connectivity index (χ1) is 11.8. The van der Waals surface area contributed by atoms with Gasteiger partial charge in [0, 0.05) is 0 Å². The molecular formula is C20H20N2O2. The van der Waals surface area contributed by atoms with E-state index in [1.165, 1.54) is 0 Å². The van der Waals surface area contributed by atoms with E-state index in [-0.39, 0.29) is 17.7 Å². The second kappa shape index (κ2) is 6.11. The van der Waals surface area contributed by atoms with Crippen LogP contribution in [0, 0.1) is 11.8 Å². The third-order valence-corrected chi connectivity index (χ3v) is 5.02. The van der Waals surface area contributed by atoms with Crippen molar-refractivity contribution in [3.05, 3.63) is 60.7 Å². The van der Waals surface area contributed by atoms with Crippen molar-refractivity contribution in [1.82, 2.24) is 0 Å². The number of hydrogen-bond acceptors (Lipinski definition) is 2. The van der Waals surface area contributed by atoms with Gasteiger partial charge in [0.2, 0.25) is 0 Å². The van der Waals surface area contributed by atoms with Crippen molar-refractivity contribution < 1.29 is 9.59 Å². The van der Waals surface area contributed by atoms with Crippen LogP contribution in [0.4, 0.5) is 11.4 Å². The van der Waals surface area contributed by atoms with Crippen LogP contribution in [0.5, 0.6) is 0 Å². The number of rotatable bonds is 3. The highest BCUT2D eigenvalue weighted by Gasteiger charge is 2.50. The molecule has 1 saturated heterocycles. The fourth-order valence-electron chi connectivity index (χ4n) is 3.88. The van der Waals surface area contributed by atoms with Gasteiger partial charge in [-0.1, -0.05) is 49.2 Å². The summed E-state index contributed by atoms with van der Waals surface area (Å²) in [5, 5.41) is 3.11. The molecule has 4 heteroatoms. The maximum absolute atomic E-state index is 13.2. The molecule has 2 aliphatic rings. The molecule has 1 aliphatic heterocycles. The second-order valence-corrected chi connectivity index (χ2v) is 6.49. The van der Waals surface area contributed by atoms with Gasteiger partial charge in [0.05, 0.1) is 11.4 Å². The van der Waals surface area contributed by atoms with Gasteiger partial charge < -0.3 is 0 Å². The molecule has 2 aromatic carbocycles. The van der Waals surface area contributed by atoms with Gasteiger partial charge in [-0.05, 0) is 43.0 Å². The molecule has 0 bridgehead atoms. The highest BCUT2D eigenvalue weighted by atomic mass is 16.2. The van der Waals surface area contributed by atoms with Crippen molar-refractivity contribution in [2.75, 3.05) is 10.0 Å². The van der Waals surface area contributed by atoms with Gasteiger partial charge in [-0.3, -0.25) is 9.59 Å². The molecular weight excluding hydrogens is 300 g/mol. The van der Waals surface area contributed by atoms with E-state index in [1.54, 1.807) is 10.0 Å². The van der Waals surface area contributed by atoms with Crippen molar-refractivity contribution in [3.8, 4) is 0 Å². The van der Waals surface area contributed by atoms with Crippen molar-refractivity contribution in [3.63, 3.8) is 0 Å². The summed E-state index contributed by atoms with van der Waals surface area (Å²) < 4.78 is 0. The summed E-state index contributed by atoms with van der Waals surface area (Å²) in [7, 11) is 0. The number of amides is 2. The minimum atomic E-state index is -0.548. The van der Waals surface area contributed by atoms with Gasteiger partial charge in [-0.2, -0.15) is 0 Å². The summed E-state index contributed by atoms with van der Waals surface area (Å²) in [4.78, 5) is 26.3. The number of carbonyl (C=O) groups is 2.